The van der Waals surface area contributed by atoms with Crippen LogP contribution in [0, 0.1) is 5.92 Å². The number of ether oxygens (including phenoxy) is 2. The molecule has 2 aliphatic heterocycles. The van der Waals surface area contributed by atoms with Crippen molar-refractivity contribution in [2.75, 3.05) is 32.9 Å². The molecule has 0 atom stereocenters. The molecule has 2 aliphatic rings. The molecule has 0 bridgehead atoms. The Bertz CT molecular complexity index is 878. The van der Waals surface area contributed by atoms with E-state index in [1.54, 1.807) is 0 Å². The van der Waals surface area contributed by atoms with E-state index in [0.29, 0.717) is 25.0 Å². The minimum Gasteiger partial charge on any atom is -0.381 e. The van der Waals surface area contributed by atoms with Crippen LogP contribution in [0.1, 0.15) is 36.8 Å². The fourth-order valence-electron chi connectivity index (χ4n) is 4.10. The highest BCUT2D eigenvalue weighted by atomic mass is 32.2. The van der Waals surface area contributed by atoms with Crippen LogP contribution in [0.2, 0.25) is 0 Å². The molecule has 3 rings (SSSR count). The molecular weight excluding hydrogens is 453 g/mol. The van der Waals surface area contributed by atoms with Crippen LogP contribution in [0.25, 0.3) is 0 Å². The van der Waals surface area contributed by atoms with E-state index in [1.807, 2.05) is 0 Å². The Balaban J connectivity index is 1.51. The van der Waals surface area contributed by atoms with Crippen molar-refractivity contribution in [3.05, 3.63) is 35.4 Å². The van der Waals surface area contributed by atoms with Gasteiger partial charge in [0, 0.05) is 45.8 Å². The van der Waals surface area contributed by atoms with Crippen molar-refractivity contribution in [3.8, 4) is 0 Å². The van der Waals surface area contributed by atoms with Gasteiger partial charge in [0.1, 0.15) is 0 Å². The first-order chi connectivity index (χ1) is 15.1. The van der Waals surface area contributed by atoms with Gasteiger partial charge in [0.15, 0.2) is 4.75 Å². The summed E-state index contributed by atoms with van der Waals surface area (Å²) in [7, 11) is -4.01. The zero-order valence-corrected chi connectivity index (χ0v) is 18.3. The van der Waals surface area contributed by atoms with Crippen molar-refractivity contribution in [2.24, 2.45) is 5.92 Å². The number of amides is 1. The second-order valence-electron chi connectivity index (χ2n) is 8.10. The van der Waals surface area contributed by atoms with E-state index < -0.39 is 32.4 Å². The lowest BCUT2D eigenvalue weighted by molar-refractivity contribution is -0.137. The third-order valence-electron chi connectivity index (χ3n) is 6.13. The molecule has 0 spiro atoms. The Morgan fingerprint density at radius 3 is 2.31 bits per heavy atom. The van der Waals surface area contributed by atoms with Crippen LogP contribution in [-0.4, -0.2) is 61.5 Å². The average Bonchev–Trinajstić information content (AvgIpc) is 2.79. The number of nitrogens with zero attached hydrogens (tertiary/aromatic N) is 1. The van der Waals surface area contributed by atoms with Gasteiger partial charge < -0.3 is 9.47 Å². The fraction of sp³-hybridized carbons (Fsp3) is 0.650. The van der Waals surface area contributed by atoms with E-state index in [9.17, 15) is 26.4 Å². The molecule has 1 amide bonds. The number of hydroxylamine groups is 1. The molecule has 12 heteroatoms. The summed E-state index contributed by atoms with van der Waals surface area (Å²) in [6.45, 7) is 1.18. The molecule has 2 heterocycles. The van der Waals surface area contributed by atoms with Crippen LogP contribution in [0.3, 0.4) is 0 Å². The Morgan fingerprint density at radius 1 is 1.19 bits per heavy atom. The molecule has 0 radical (unpaired) electrons. The van der Waals surface area contributed by atoms with Gasteiger partial charge in [0.25, 0.3) is 5.91 Å². The first kappa shape index (κ1) is 24.9. The van der Waals surface area contributed by atoms with Gasteiger partial charge in [-0.2, -0.15) is 13.2 Å². The lowest BCUT2D eigenvalue weighted by Gasteiger charge is -2.40. The summed E-state index contributed by atoms with van der Waals surface area (Å²) < 4.78 is 74.8. The Kier molecular flexibility index (Phi) is 7.81. The highest BCUT2D eigenvalue weighted by Gasteiger charge is 2.54. The zero-order chi connectivity index (χ0) is 23.4. The molecule has 180 valence electrons. The van der Waals surface area contributed by atoms with Crippen molar-refractivity contribution >= 4 is 15.9 Å². The van der Waals surface area contributed by atoms with Crippen LogP contribution < -0.4 is 5.48 Å². The van der Waals surface area contributed by atoms with Gasteiger partial charge in [0.05, 0.1) is 12.2 Å². The zero-order valence-electron chi connectivity index (χ0n) is 17.4. The number of piperidine rings is 1. The Labute approximate surface area is 184 Å². The minimum atomic E-state index is -4.38. The van der Waals surface area contributed by atoms with Crippen LogP contribution in [0.15, 0.2) is 24.3 Å². The Morgan fingerprint density at radius 2 is 1.78 bits per heavy atom. The van der Waals surface area contributed by atoms with E-state index in [0.717, 1.165) is 12.1 Å². The molecular formula is C20H27F3N2O6S. The second-order valence-corrected chi connectivity index (χ2v) is 10.4. The maximum Gasteiger partial charge on any atom is 0.416 e. The number of carbonyl (C=O) groups is 1. The van der Waals surface area contributed by atoms with Crippen LogP contribution >= 0.6 is 0 Å². The quantitative estimate of drug-likeness (QED) is 0.459. The van der Waals surface area contributed by atoms with Crippen molar-refractivity contribution in [1.82, 2.24) is 9.79 Å². The van der Waals surface area contributed by atoms with Crippen LogP contribution in [0.5, 0.6) is 0 Å². The molecule has 2 saturated heterocycles. The predicted octanol–water partition coefficient (Wildman–Crippen LogP) is 2.32. The second kappa shape index (κ2) is 10.0. The number of rotatable bonds is 7. The highest BCUT2D eigenvalue weighted by Crippen LogP contribution is 2.35. The van der Waals surface area contributed by atoms with Gasteiger partial charge in [-0.25, -0.2) is 18.2 Å². The largest absolute Gasteiger partial charge is 0.416 e. The van der Waals surface area contributed by atoms with Gasteiger partial charge in [-0.3, -0.25) is 10.0 Å². The SMILES string of the molecule is O=C(NO)C1(S(=O)(=O)N2CCC(COCc3ccc(C(F)(F)F)cc3)CC2)CCOCC1. The summed E-state index contributed by atoms with van der Waals surface area (Å²) in [4.78, 5) is 12.3. The fourth-order valence-corrected chi connectivity index (χ4v) is 6.25. The van der Waals surface area contributed by atoms with Gasteiger partial charge in [-0.05, 0) is 36.5 Å². The molecule has 0 saturated carbocycles. The number of hydrogen-bond donors (Lipinski definition) is 2. The monoisotopic (exact) mass is 480 g/mol. The third kappa shape index (κ3) is 5.25. The number of benzene rings is 1. The maximum absolute atomic E-state index is 13.3. The van der Waals surface area contributed by atoms with Crippen LogP contribution in [0.4, 0.5) is 13.2 Å². The summed E-state index contributed by atoms with van der Waals surface area (Å²) >= 11 is 0. The molecule has 1 aromatic rings. The van der Waals surface area contributed by atoms with E-state index in [1.165, 1.54) is 21.9 Å². The summed E-state index contributed by atoms with van der Waals surface area (Å²) in [6.07, 6.45) is -3.39. The van der Waals surface area contributed by atoms with Gasteiger partial charge in [-0.15, -0.1) is 0 Å². The minimum absolute atomic E-state index is 0.0299. The first-order valence-corrected chi connectivity index (χ1v) is 11.8. The molecule has 32 heavy (non-hydrogen) atoms. The van der Waals surface area contributed by atoms with E-state index in [2.05, 4.69) is 0 Å². The Hall–Kier alpha value is -1.73. The molecule has 0 aromatic heterocycles. The number of nitrogens with one attached hydrogen (secondary N) is 1. The predicted molar refractivity (Wildman–Crippen MR) is 107 cm³/mol. The normalized spacial score (nSPS) is 20.8. The van der Waals surface area contributed by atoms with Gasteiger partial charge in [0.2, 0.25) is 10.0 Å². The molecule has 1 aromatic carbocycles. The van der Waals surface area contributed by atoms with Gasteiger partial charge >= 0.3 is 6.18 Å². The first-order valence-electron chi connectivity index (χ1n) is 10.4. The number of halogens is 3. The standard InChI is InChI=1S/C20H27F3N2O6S/c21-20(22,23)17-3-1-15(2-4-17)13-31-14-16-5-9-25(10-6-16)32(28,29)19(18(26)24-27)7-11-30-12-8-19/h1-4,16,27H,5-14H2,(H,24,26). The van der Waals surface area contributed by atoms with Crippen molar-refractivity contribution < 1.29 is 41.1 Å². The van der Waals surface area contributed by atoms with E-state index in [4.69, 9.17) is 14.7 Å². The van der Waals surface area contributed by atoms with E-state index >= 15 is 0 Å². The smallest absolute Gasteiger partial charge is 0.381 e. The summed E-state index contributed by atoms with van der Waals surface area (Å²) in [6, 6.07) is 4.77. The molecule has 8 nitrogen and oxygen atoms in total. The van der Waals surface area contributed by atoms with Crippen molar-refractivity contribution in [2.45, 2.75) is 43.2 Å². The maximum atomic E-state index is 13.3. The van der Waals surface area contributed by atoms with Crippen molar-refractivity contribution in [3.63, 3.8) is 0 Å². The highest BCUT2D eigenvalue weighted by molar-refractivity contribution is 7.91. The average molecular weight is 481 g/mol. The molecule has 0 aliphatic carbocycles. The van der Waals surface area contributed by atoms with E-state index in [-0.39, 0.29) is 51.7 Å². The summed E-state index contributed by atoms with van der Waals surface area (Å²) in [5.41, 5.74) is 1.41. The molecule has 2 fully saturated rings. The van der Waals surface area contributed by atoms with Crippen molar-refractivity contribution in [1.29, 1.82) is 0 Å². The molecule has 0 unspecified atom stereocenters. The summed E-state index contributed by atoms with van der Waals surface area (Å²) in [5.74, 6) is -0.851. The number of sulfonamides is 1. The lowest BCUT2D eigenvalue weighted by Crippen LogP contribution is -2.60. The molecule has 2 N–H and O–H groups in total. The number of carbonyl (C=O) groups excluding carboxylic acids is 1. The number of hydrogen-bond acceptors (Lipinski definition) is 6. The number of alkyl halides is 3. The third-order valence-corrected chi connectivity index (χ3v) is 8.75. The van der Waals surface area contributed by atoms with Gasteiger partial charge in [-0.1, -0.05) is 12.1 Å². The topological polar surface area (TPSA) is 105 Å². The summed E-state index contributed by atoms with van der Waals surface area (Å²) in [5, 5.41) is 9.11. The lowest BCUT2D eigenvalue weighted by atomic mass is 9.98. The van der Waals surface area contributed by atoms with Crippen LogP contribution in [-0.2, 0) is 37.1 Å².